The van der Waals surface area contributed by atoms with E-state index in [0.717, 1.165) is 12.8 Å². The van der Waals surface area contributed by atoms with Crippen LogP contribution >= 0.6 is 0 Å². The number of benzene rings is 2. The maximum absolute atomic E-state index is 14.1. The van der Waals surface area contributed by atoms with Crippen LogP contribution in [0.4, 0.5) is 0 Å². The van der Waals surface area contributed by atoms with Crippen molar-refractivity contribution in [3.63, 3.8) is 0 Å². The average molecular weight is 579 g/mol. The molecule has 2 aromatic carbocycles. The molecule has 4 atom stereocenters. The molecule has 1 aromatic heterocycles. The Bertz CT molecular complexity index is 1540. The summed E-state index contributed by atoms with van der Waals surface area (Å²) in [4.78, 5) is 29.2. The molecule has 0 saturated heterocycles. The van der Waals surface area contributed by atoms with E-state index in [1.807, 2.05) is 12.1 Å². The first kappa shape index (κ1) is 28.1. The largest absolute Gasteiger partial charge is 0.493 e. The van der Waals surface area contributed by atoms with Crippen LogP contribution < -0.4 is 19.5 Å². The van der Waals surface area contributed by atoms with Gasteiger partial charge in [0, 0.05) is 29.6 Å². The minimum absolute atomic E-state index is 0.0278. The summed E-state index contributed by atoms with van der Waals surface area (Å²) in [6.07, 6.45) is 1.39. The molecule has 6 rings (SSSR count). The molecule has 11 heteroatoms. The first-order valence-corrected chi connectivity index (χ1v) is 14.0. The van der Waals surface area contributed by atoms with Crippen LogP contribution in [-0.2, 0) is 11.4 Å². The quantitative estimate of drug-likeness (QED) is 0.284. The molecule has 0 bridgehead atoms. The number of carbonyl (C=O) groups excluding carboxylic acids is 2. The first-order valence-electron chi connectivity index (χ1n) is 14.0. The molecule has 11 nitrogen and oxygen atoms in total. The van der Waals surface area contributed by atoms with E-state index >= 15 is 0 Å². The van der Waals surface area contributed by atoms with Gasteiger partial charge in [0.15, 0.2) is 28.6 Å². The summed E-state index contributed by atoms with van der Waals surface area (Å²) >= 11 is 0. The number of methoxy groups -OCH3 is 2. The number of aliphatic hydroxyl groups is 3. The van der Waals surface area contributed by atoms with Gasteiger partial charge in [-0.2, -0.15) is 0 Å². The maximum atomic E-state index is 14.1. The van der Waals surface area contributed by atoms with E-state index in [1.54, 1.807) is 35.2 Å². The topological polar surface area (TPSA) is 151 Å². The van der Waals surface area contributed by atoms with Gasteiger partial charge in [0.2, 0.25) is 5.91 Å². The van der Waals surface area contributed by atoms with Crippen molar-refractivity contribution in [1.29, 1.82) is 0 Å². The van der Waals surface area contributed by atoms with Crippen molar-refractivity contribution in [3.8, 4) is 17.2 Å². The lowest BCUT2D eigenvalue weighted by molar-refractivity contribution is -0.118. The zero-order chi connectivity index (χ0) is 29.5. The van der Waals surface area contributed by atoms with Crippen molar-refractivity contribution < 1.29 is 43.5 Å². The van der Waals surface area contributed by atoms with E-state index in [9.17, 15) is 24.9 Å². The predicted molar refractivity (Wildman–Crippen MR) is 151 cm³/mol. The van der Waals surface area contributed by atoms with Crippen LogP contribution in [0.5, 0.6) is 17.2 Å². The Hall–Kier alpha value is -4.06. The highest BCUT2D eigenvalue weighted by molar-refractivity contribution is 5.99. The molecule has 4 unspecified atom stereocenters. The van der Waals surface area contributed by atoms with Crippen molar-refractivity contribution in [1.82, 2.24) is 10.2 Å². The fourth-order valence-electron chi connectivity index (χ4n) is 5.98. The predicted octanol–water partition coefficient (Wildman–Crippen LogP) is 2.12. The highest BCUT2D eigenvalue weighted by atomic mass is 16.5. The summed E-state index contributed by atoms with van der Waals surface area (Å²) in [5.41, 5.74) is 1.89. The summed E-state index contributed by atoms with van der Waals surface area (Å²) < 4.78 is 23.2. The van der Waals surface area contributed by atoms with Gasteiger partial charge in [-0.1, -0.05) is 12.1 Å². The minimum atomic E-state index is -1.21. The first-order chi connectivity index (χ1) is 20.4. The molecule has 1 aliphatic heterocycles. The Labute approximate surface area is 242 Å². The van der Waals surface area contributed by atoms with E-state index in [-0.39, 0.29) is 31.4 Å². The fourth-order valence-corrected chi connectivity index (χ4v) is 5.98. The van der Waals surface area contributed by atoms with Crippen LogP contribution in [0.3, 0.4) is 0 Å². The number of aliphatic hydroxyl groups excluding tert-OH is 3. The van der Waals surface area contributed by atoms with Gasteiger partial charge in [0.05, 0.1) is 39.4 Å². The molecule has 3 aromatic rings. The molecule has 1 fully saturated rings. The van der Waals surface area contributed by atoms with Gasteiger partial charge in [0.25, 0.3) is 5.91 Å². The number of hydrogen-bond acceptors (Lipinski definition) is 9. The number of nitrogens with zero attached hydrogens (tertiary/aromatic N) is 1. The highest BCUT2D eigenvalue weighted by Crippen LogP contribution is 2.51. The Balaban J connectivity index is 1.43. The lowest BCUT2D eigenvalue weighted by Gasteiger charge is -2.40. The maximum Gasteiger partial charge on any atom is 0.290 e. The second-order valence-corrected chi connectivity index (χ2v) is 10.9. The third-order valence-electron chi connectivity index (χ3n) is 8.21. The monoisotopic (exact) mass is 578 g/mol. The van der Waals surface area contributed by atoms with E-state index in [4.69, 9.17) is 18.6 Å². The smallest absolute Gasteiger partial charge is 0.290 e. The summed E-state index contributed by atoms with van der Waals surface area (Å²) in [6.45, 7) is -0.121. The molecule has 4 N–H and O–H groups in total. The Morgan fingerprint density at radius 1 is 1.10 bits per heavy atom. The summed E-state index contributed by atoms with van der Waals surface area (Å²) in [7, 11) is 3.00. The van der Waals surface area contributed by atoms with Gasteiger partial charge >= 0.3 is 0 Å². The lowest BCUT2D eigenvalue weighted by Crippen LogP contribution is -2.56. The molecule has 1 saturated carbocycles. The number of carbonyl (C=O) groups is 2. The van der Waals surface area contributed by atoms with Gasteiger partial charge < -0.3 is 44.2 Å². The van der Waals surface area contributed by atoms with Crippen molar-refractivity contribution in [2.75, 3.05) is 33.9 Å². The fraction of sp³-hybridized carbons (Fsp3) is 0.419. The number of ether oxygens (including phenoxy) is 3. The van der Waals surface area contributed by atoms with Crippen molar-refractivity contribution in [2.45, 2.75) is 43.6 Å². The second kappa shape index (κ2) is 11.3. The molecular weight excluding hydrogens is 544 g/mol. The summed E-state index contributed by atoms with van der Waals surface area (Å²) in [5, 5.41) is 34.5. The molecule has 2 aliphatic carbocycles. The van der Waals surface area contributed by atoms with Crippen LogP contribution in [0.2, 0.25) is 0 Å². The van der Waals surface area contributed by atoms with Crippen molar-refractivity contribution >= 4 is 22.8 Å². The third kappa shape index (κ3) is 4.87. The SMILES string of the molecule is COc1cc(CO)cc2c1OC1C2C(C(=O)NCCO)=CC(N(CC2CC2)C(=O)c2cc3cccc(OC)c3o2)C1O. The van der Waals surface area contributed by atoms with Gasteiger partial charge in [0.1, 0.15) is 12.2 Å². The molecule has 0 radical (unpaired) electrons. The number of hydrogen-bond donors (Lipinski definition) is 4. The van der Waals surface area contributed by atoms with E-state index in [2.05, 4.69) is 5.32 Å². The van der Waals surface area contributed by atoms with Crippen LogP contribution in [-0.4, -0.2) is 84.2 Å². The molecule has 3 aliphatic rings. The number of para-hydroxylation sites is 1. The number of fused-ring (bicyclic) bond motifs is 4. The number of furan rings is 1. The number of rotatable bonds is 10. The lowest BCUT2D eigenvalue weighted by atomic mass is 9.77. The Morgan fingerprint density at radius 3 is 2.57 bits per heavy atom. The van der Waals surface area contributed by atoms with E-state index in [0.29, 0.717) is 51.5 Å². The van der Waals surface area contributed by atoms with Crippen LogP contribution in [0.25, 0.3) is 11.0 Å². The summed E-state index contributed by atoms with van der Waals surface area (Å²) in [6, 6.07) is 9.50. The molecule has 2 heterocycles. The Kier molecular flexibility index (Phi) is 7.56. The molecule has 0 spiro atoms. The average Bonchev–Trinajstić information content (AvgIpc) is 3.58. The summed E-state index contributed by atoms with van der Waals surface area (Å²) in [5.74, 6) is 0.00996. The molecule has 42 heavy (non-hydrogen) atoms. The van der Waals surface area contributed by atoms with Crippen molar-refractivity contribution in [2.24, 2.45) is 5.92 Å². The molecule has 222 valence electrons. The standard InChI is InChI=1S/C31H34N2O9/c1-39-22-5-3-4-18-12-24(41-27(18)22)31(38)33(14-16-6-7-16)21-13-20(30(37)32-8-9-34)25-19-10-17(15-35)11-23(40-2)28(19)42-29(25)26(21)36/h3-5,10-13,16,21,25-26,29,34-36H,6-9,14-15H2,1-2H3,(H,32,37). The van der Waals surface area contributed by atoms with E-state index in [1.165, 1.54) is 14.2 Å². The molecular formula is C31H34N2O9. The van der Waals surface area contributed by atoms with Crippen LogP contribution in [0.15, 0.2) is 52.5 Å². The van der Waals surface area contributed by atoms with Crippen LogP contribution in [0.1, 0.15) is 40.4 Å². The number of amides is 2. The number of nitrogens with one attached hydrogen (secondary N) is 1. The van der Waals surface area contributed by atoms with Crippen molar-refractivity contribution in [3.05, 3.63) is 64.9 Å². The normalized spacial score (nSPS) is 22.5. The van der Waals surface area contributed by atoms with Gasteiger partial charge in [-0.3, -0.25) is 9.59 Å². The zero-order valence-corrected chi connectivity index (χ0v) is 23.4. The van der Waals surface area contributed by atoms with E-state index < -0.39 is 36.0 Å². The highest BCUT2D eigenvalue weighted by Gasteiger charge is 2.52. The third-order valence-corrected chi connectivity index (χ3v) is 8.21. The zero-order valence-electron chi connectivity index (χ0n) is 23.4. The van der Waals surface area contributed by atoms with Gasteiger partial charge in [-0.15, -0.1) is 0 Å². The van der Waals surface area contributed by atoms with Gasteiger partial charge in [-0.05, 0) is 54.7 Å². The molecule has 2 amide bonds. The second-order valence-electron chi connectivity index (χ2n) is 10.9. The Morgan fingerprint density at radius 2 is 1.88 bits per heavy atom. The minimum Gasteiger partial charge on any atom is -0.493 e. The van der Waals surface area contributed by atoms with Gasteiger partial charge in [-0.25, -0.2) is 0 Å². The van der Waals surface area contributed by atoms with Crippen LogP contribution in [0, 0.1) is 5.92 Å².